The van der Waals surface area contributed by atoms with E-state index in [0.717, 1.165) is 0 Å². The zero-order valence-electron chi connectivity index (χ0n) is 12.4. The second-order valence-corrected chi connectivity index (χ2v) is 5.39. The van der Waals surface area contributed by atoms with Crippen molar-refractivity contribution in [2.24, 2.45) is 0 Å². The van der Waals surface area contributed by atoms with Crippen molar-refractivity contribution in [2.75, 3.05) is 13.2 Å². The molecule has 118 valence electrons. The highest BCUT2D eigenvalue weighted by atomic mass is 19.1. The highest BCUT2D eigenvalue weighted by Crippen LogP contribution is 2.14. The average molecular weight is 307 g/mol. The van der Waals surface area contributed by atoms with E-state index >= 15 is 0 Å². The maximum Gasteiger partial charge on any atom is 0.272 e. The van der Waals surface area contributed by atoms with E-state index in [1.807, 2.05) is 0 Å². The number of nitrogens with zero attached hydrogens (tertiary/aromatic N) is 2. The number of carbonyl (C=O) groups excluding carboxylic acids is 1. The fraction of sp³-hybridized carbons (Fsp3) is 0.333. The lowest BCUT2D eigenvalue weighted by molar-refractivity contribution is 0.0719. The van der Waals surface area contributed by atoms with Gasteiger partial charge in [-0.15, -0.1) is 0 Å². The van der Waals surface area contributed by atoms with Gasteiger partial charge in [-0.1, -0.05) is 6.07 Å². The molecular weight excluding hydrogens is 289 g/mol. The van der Waals surface area contributed by atoms with Crippen molar-refractivity contribution in [1.82, 2.24) is 15.1 Å². The molecule has 0 fully saturated rings. The molecular formula is C15H18FN3O3. The minimum atomic E-state index is -1.13. The monoisotopic (exact) mass is 307 g/mol. The van der Waals surface area contributed by atoms with Crippen LogP contribution in [-0.4, -0.2) is 44.7 Å². The van der Waals surface area contributed by atoms with Crippen molar-refractivity contribution in [3.05, 3.63) is 47.5 Å². The Morgan fingerprint density at radius 3 is 2.64 bits per heavy atom. The molecule has 0 radical (unpaired) electrons. The van der Waals surface area contributed by atoms with Crippen molar-refractivity contribution in [3.63, 3.8) is 0 Å². The van der Waals surface area contributed by atoms with Gasteiger partial charge in [0.15, 0.2) is 5.69 Å². The number of benzene rings is 1. The van der Waals surface area contributed by atoms with E-state index in [4.69, 9.17) is 0 Å². The number of aromatic nitrogens is 2. The third-order valence-electron chi connectivity index (χ3n) is 3.29. The third-order valence-corrected chi connectivity index (χ3v) is 3.29. The molecule has 1 amide bonds. The molecule has 0 aliphatic rings. The third kappa shape index (κ3) is 3.32. The standard InChI is InChI=1S/C15H18FN3O3/c1-10-6-13(14(22)17-15(2,8-20)9-21)18-19(10)12-5-3-4-11(16)7-12/h3-7,20-21H,8-9H2,1-2H3,(H,17,22). The molecule has 0 saturated heterocycles. The first-order valence-electron chi connectivity index (χ1n) is 6.75. The lowest BCUT2D eigenvalue weighted by Crippen LogP contribution is -2.51. The molecule has 0 saturated carbocycles. The number of nitrogens with one attached hydrogen (secondary N) is 1. The van der Waals surface area contributed by atoms with Gasteiger partial charge < -0.3 is 15.5 Å². The van der Waals surface area contributed by atoms with Crippen LogP contribution in [0.25, 0.3) is 5.69 Å². The van der Waals surface area contributed by atoms with Gasteiger partial charge in [0.05, 0.1) is 24.4 Å². The van der Waals surface area contributed by atoms with E-state index < -0.39 is 30.5 Å². The van der Waals surface area contributed by atoms with Crippen molar-refractivity contribution >= 4 is 5.91 Å². The first-order valence-corrected chi connectivity index (χ1v) is 6.75. The zero-order chi connectivity index (χ0) is 16.3. The summed E-state index contributed by atoms with van der Waals surface area (Å²) in [5.74, 6) is -0.921. The Morgan fingerprint density at radius 1 is 1.36 bits per heavy atom. The van der Waals surface area contributed by atoms with Gasteiger partial charge in [0.1, 0.15) is 5.82 Å². The molecule has 2 aromatic rings. The molecule has 7 heteroatoms. The van der Waals surface area contributed by atoms with Gasteiger partial charge in [-0.25, -0.2) is 9.07 Å². The van der Waals surface area contributed by atoms with E-state index in [1.165, 1.54) is 23.7 Å². The van der Waals surface area contributed by atoms with Crippen molar-refractivity contribution in [1.29, 1.82) is 0 Å². The topological polar surface area (TPSA) is 87.4 Å². The smallest absolute Gasteiger partial charge is 0.272 e. The van der Waals surface area contributed by atoms with Gasteiger partial charge in [-0.2, -0.15) is 5.10 Å². The molecule has 0 unspecified atom stereocenters. The van der Waals surface area contributed by atoms with Crippen LogP contribution in [0.15, 0.2) is 30.3 Å². The first kappa shape index (κ1) is 16.1. The van der Waals surface area contributed by atoms with E-state index in [2.05, 4.69) is 10.4 Å². The Kier molecular flexibility index (Phi) is 4.58. The summed E-state index contributed by atoms with van der Waals surface area (Å²) in [7, 11) is 0. The van der Waals surface area contributed by atoms with Gasteiger partial charge in [0.25, 0.3) is 5.91 Å². The maximum absolute atomic E-state index is 13.3. The predicted octanol–water partition coefficient (Wildman–Crippen LogP) is 0.793. The van der Waals surface area contributed by atoms with E-state index in [1.54, 1.807) is 25.1 Å². The molecule has 0 spiro atoms. The molecule has 1 aromatic heterocycles. The highest BCUT2D eigenvalue weighted by Gasteiger charge is 2.26. The Balaban J connectivity index is 2.28. The number of hydrogen-bond acceptors (Lipinski definition) is 4. The molecule has 0 atom stereocenters. The fourth-order valence-electron chi connectivity index (χ4n) is 1.92. The molecule has 0 aliphatic heterocycles. The van der Waals surface area contributed by atoms with Crippen LogP contribution in [0.1, 0.15) is 23.1 Å². The number of halogens is 1. The van der Waals surface area contributed by atoms with Crippen LogP contribution in [0.4, 0.5) is 4.39 Å². The summed E-state index contributed by atoms with van der Waals surface area (Å²) >= 11 is 0. The molecule has 0 bridgehead atoms. The molecule has 2 rings (SSSR count). The number of aliphatic hydroxyl groups excluding tert-OH is 2. The molecule has 1 heterocycles. The summed E-state index contributed by atoms with van der Waals surface area (Å²) in [5, 5.41) is 25.1. The van der Waals surface area contributed by atoms with Crippen LogP contribution in [0.2, 0.25) is 0 Å². The zero-order valence-corrected chi connectivity index (χ0v) is 12.4. The minimum absolute atomic E-state index is 0.120. The first-order chi connectivity index (χ1) is 10.4. The maximum atomic E-state index is 13.3. The molecule has 0 aliphatic carbocycles. The van der Waals surface area contributed by atoms with E-state index in [-0.39, 0.29) is 5.69 Å². The molecule has 22 heavy (non-hydrogen) atoms. The number of aryl methyl sites for hydroxylation is 1. The van der Waals surface area contributed by atoms with Crippen molar-refractivity contribution in [2.45, 2.75) is 19.4 Å². The highest BCUT2D eigenvalue weighted by molar-refractivity contribution is 5.93. The van der Waals surface area contributed by atoms with Crippen LogP contribution in [-0.2, 0) is 0 Å². The Hall–Kier alpha value is -2.25. The van der Waals surface area contributed by atoms with Crippen LogP contribution in [0.3, 0.4) is 0 Å². The fourth-order valence-corrected chi connectivity index (χ4v) is 1.92. The second kappa shape index (κ2) is 6.25. The van der Waals surface area contributed by atoms with Gasteiger partial charge in [0, 0.05) is 5.69 Å². The quantitative estimate of drug-likeness (QED) is 0.762. The number of hydrogen-bond donors (Lipinski definition) is 3. The van der Waals surface area contributed by atoms with Gasteiger partial charge in [0.2, 0.25) is 0 Å². The average Bonchev–Trinajstić information content (AvgIpc) is 2.89. The normalized spacial score (nSPS) is 11.5. The minimum Gasteiger partial charge on any atom is -0.394 e. The largest absolute Gasteiger partial charge is 0.394 e. The predicted molar refractivity (Wildman–Crippen MR) is 78.3 cm³/mol. The Labute approximate surface area is 127 Å². The van der Waals surface area contributed by atoms with Crippen LogP contribution < -0.4 is 5.32 Å². The van der Waals surface area contributed by atoms with Crippen LogP contribution >= 0.6 is 0 Å². The number of carbonyl (C=O) groups is 1. The summed E-state index contributed by atoms with van der Waals surface area (Å²) in [5.41, 5.74) is 0.150. The van der Waals surface area contributed by atoms with Crippen LogP contribution in [0, 0.1) is 12.7 Å². The van der Waals surface area contributed by atoms with Gasteiger partial charge in [-0.05, 0) is 38.1 Å². The molecule has 1 aromatic carbocycles. The number of rotatable bonds is 5. The van der Waals surface area contributed by atoms with E-state index in [0.29, 0.717) is 11.4 Å². The van der Waals surface area contributed by atoms with Crippen LogP contribution in [0.5, 0.6) is 0 Å². The lowest BCUT2D eigenvalue weighted by atomic mass is 10.1. The summed E-state index contributed by atoms with van der Waals surface area (Å²) in [6.07, 6.45) is 0. The van der Waals surface area contributed by atoms with Gasteiger partial charge >= 0.3 is 0 Å². The lowest BCUT2D eigenvalue weighted by Gasteiger charge is -2.25. The Morgan fingerprint density at radius 2 is 2.05 bits per heavy atom. The van der Waals surface area contributed by atoms with Crippen molar-refractivity contribution < 1.29 is 19.4 Å². The summed E-state index contributed by atoms with van der Waals surface area (Å²) in [6.45, 7) is 2.45. The van der Waals surface area contributed by atoms with Gasteiger partial charge in [-0.3, -0.25) is 4.79 Å². The summed E-state index contributed by atoms with van der Waals surface area (Å²) in [4.78, 5) is 12.2. The number of aliphatic hydroxyl groups is 2. The summed E-state index contributed by atoms with van der Waals surface area (Å²) < 4.78 is 14.7. The second-order valence-electron chi connectivity index (χ2n) is 5.39. The SMILES string of the molecule is Cc1cc(C(=O)NC(C)(CO)CO)nn1-c1cccc(F)c1. The molecule has 6 nitrogen and oxygen atoms in total. The molecule has 3 N–H and O–H groups in total. The summed E-state index contributed by atoms with van der Waals surface area (Å²) in [6, 6.07) is 7.42. The number of amides is 1. The van der Waals surface area contributed by atoms with E-state index in [9.17, 15) is 19.4 Å². The Bertz CT molecular complexity index is 680. The van der Waals surface area contributed by atoms with Crippen molar-refractivity contribution in [3.8, 4) is 5.69 Å².